The molecule has 2 N–H and O–H groups in total. The lowest BCUT2D eigenvalue weighted by Gasteiger charge is -2.21. The average Bonchev–Trinajstić information content (AvgIpc) is 3.10. The summed E-state index contributed by atoms with van der Waals surface area (Å²) in [6, 6.07) is 9.77. The summed E-state index contributed by atoms with van der Waals surface area (Å²) in [4.78, 5) is 34.9. The Labute approximate surface area is 183 Å². The number of esters is 2. The number of oxime groups is 1. The van der Waals surface area contributed by atoms with Gasteiger partial charge in [0.2, 0.25) is 11.8 Å². The number of carbonyl (C=O) groups is 2. The molecular weight excluding hydrogens is 426 g/mol. The monoisotopic (exact) mass is 451 g/mol. The van der Waals surface area contributed by atoms with Crippen molar-refractivity contribution in [1.29, 1.82) is 0 Å². The van der Waals surface area contributed by atoms with Gasteiger partial charge in [0.05, 0.1) is 0 Å². The van der Waals surface area contributed by atoms with Crippen LogP contribution in [0.2, 0.25) is 0 Å². The molecule has 0 amide bonds. The van der Waals surface area contributed by atoms with Crippen LogP contribution < -0.4 is 5.73 Å². The van der Waals surface area contributed by atoms with E-state index in [9.17, 15) is 9.59 Å². The van der Waals surface area contributed by atoms with Gasteiger partial charge in [-0.3, -0.25) is 0 Å². The number of thioether (sulfide) groups is 1. The van der Waals surface area contributed by atoms with Crippen molar-refractivity contribution in [2.24, 2.45) is 5.16 Å². The van der Waals surface area contributed by atoms with E-state index in [2.05, 4.69) is 10.1 Å². The topological polar surface area (TPSA) is 113 Å². The van der Waals surface area contributed by atoms with Crippen molar-refractivity contribution >= 4 is 45.9 Å². The average molecular weight is 452 g/mol. The summed E-state index contributed by atoms with van der Waals surface area (Å²) in [5.41, 5.74) is 5.04. The number of thiazole rings is 1. The fourth-order valence-electron chi connectivity index (χ4n) is 2.02. The number of carbonyl (C=O) groups excluding carboxylic acids is 2. The summed E-state index contributed by atoms with van der Waals surface area (Å²) in [7, 11) is 0. The predicted molar refractivity (Wildman–Crippen MR) is 118 cm³/mol. The van der Waals surface area contributed by atoms with E-state index >= 15 is 0 Å². The minimum atomic E-state index is -1.02. The first kappa shape index (κ1) is 23.7. The number of anilines is 1. The molecule has 0 spiro atoms. The van der Waals surface area contributed by atoms with Gasteiger partial charge in [-0.25, -0.2) is 14.6 Å². The summed E-state index contributed by atoms with van der Waals surface area (Å²) < 4.78 is 10.5. The quantitative estimate of drug-likeness (QED) is 0.203. The minimum Gasteiger partial charge on any atom is -0.460 e. The van der Waals surface area contributed by atoms with Gasteiger partial charge >= 0.3 is 11.9 Å². The molecule has 1 unspecified atom stereocenters. The molecule has 2 rings (SSSR count). The van der Waals surface area contributed by atoms with Gasteiger partial charge in [0.15, 0.2) is 5.13 Å². The van der Waals surface area contributed by atoms with Crippen LogP contribution in [0.4, 0.5) is 5.13 Å². The van der Waals surface area contributed by atoms with Crippen molar-refractivity contribution < 1.29 is 23.9 Å². The number of benzene rings is 1. The third-order valence-corrected chi connectivity index (χ3v) is 4.98. The number of nitrogens with two attached hydrogens (primary N) is 1. The van der Waals surface area contributed by atoms with Crippen LogP contribution in [0.3, 0.4) is 0 Å². The first-order valence-electron chi connectivity index (χ1n) is 9.19. The fraction of sp³-hybridized carbons (Fsp3) is 0.400. The van der Waals surface area contributed by atoms with Crippen LogP contribution in [0.5, 0.6) is 0 Å². The Hall–Kier alpha value is -2.59. The second-order valence-corrected chi connectivity index (χ2v) is 9.15. The Kier molecular flexibility index (Phi) is 8.67. The van der Waals surface area contributed by atoms with Crippen molar-refractivity contribution in [2.75, 3.05) is 18.1 Å². The highest BCUT2D eigenvalue weighted by atomic mass is 32.2. The molecule has 0 aliphatic rings. The van der Waals surface area contributed by atoms with Crippen LogP contribution in [0.25, 0.3) is 0 Å². The first-order chi connectivity index (χ1) is 14.2. The second kappa shape index (κ2) is 11.0. The molecular formula is C20H25N3O5S2. The standard InChI is InChI=1S/C20H25N3O5S2/c1-13(17(24)27-20(2,3)4)28-23-16(15-12-30-19(21)22-15)18(25)26-10-11-29-14-8-6-5-7-9-14/h5-9,12-13H,10-11H2,1-4H3,(H2,21,22)/b23-16-. The molecule has 0 saturated carbocycles. The summed E-state index contributed by atoms with van der Waals surface area (Å²) in [6.45, 7) is 6.88. The Bertz CT molecular complexity index is 878. The van der Waals surface area contributed by atoms with Crippen molar-refractivity contribution in [3.05, 3.63) is 41.4 Å². The van der Waals surface area contributed by atoms with Gasteiger partial charge in [0, 0.05) is 16.0 Å². The predicted octanol–water partition coefficient (Wildman–Crippen LogP) is 3.51. The van der Waals surface area contributed by atoms with Crippen LogP contribution in [0, 0.1) is 0 Å². The van der Waals surface area contributed by atoms with Crippen molar-refractivity contribution in [3.63, 3.8) is 0 Å². The lowest BCUT2D eigenvalue weighted by atomic mass is 10.2. The maximum atomic E-state index is 12.5. The number of nitrogen functional groups attached to an aromatic ring is 1. The minimum absolute atomic E-state index is 0.164. The Morgan fingerprint density at radius 3 is 2.57 bits per heavy atom. The van der Waals surface area contributed by atoms with Gasteiger partial charge in [-0.05, 0) is 39.8 Å². The van der Waals surface area contributed by atoms with E-state index in [0.717, 1.165) is 16.2 Å². The SMILES string of the molecule is CC(O/N=C(\C(=O)OCCSc1ccccc1)c1csc(N)n1)C(=O)OC(C)(C)C. The van der Waals surface area contributed by atoms with E-state index in [1.54, 1.807) is 37.9 Å². The summed E-state index contributed by atoms with van der Waals surface area (Å²) >= 11 is 2.71. The van der Waals surface area contributed by atoms with Crippen LogP contribution in [-0.4, -0.2) is 46.7 Å². The number of ether oxygens (including phenoxy) is 2. The molecule has 1 heterocycles. The maximum Gasteiger partial charge on any atom is 0.362 e. The maximum absolute atomic E-state index is 12.5. The molecule has 30 heavy (non-hydrogen) atoms. The summed E-state index contributed by atoms with van der Waals surface area (Å²) in [6.07, 6.45) is -1.02. The molecule has 10 heteroatoms. The third kappa shape index (κ3) is 8.03. The molecule has 0 bridgehead atoms. The number of rotatable bonds is 9. The van der Waals surface area contributed by atoms with Gasteiger partial charge < -0.3 is 20.0 Å². The molecule has 0 radical (unpaired) electrons. The molecule has 2 aromatic rings. The van der Waals surface area contributed by atoms with E-state index in [4.69, 9.17) is 20.0 Å². The summed E-state index contributed by atoms with van der Waals surface area (Å²) in [5.74, 6) is -0.751. The molecule has 0 saturated heterocycles. The van der Waals surface area contributed by atoms with Gasteiger partial charge in [0.25, 0.3) is 0 Å². The first-order valence-corrected chi connectivity index (χ1v) is 11.1. The number of hydrogen-bond donors (Lipinski definition) is 1. The highest BCUT2D eigenvalue weighted by molar-refractivity contribution is 7.99. The molecule has 0 aliphatic carbocycles. The molecule has 0 fully saturated rings. The second-order valence-electron chi connectivity index (χ2n) is 7.09. The molecule has 1 atom stereocenters. The van der Waals surface area contributed by atoms with Crippen molar-refractivity contribution in [1.82, 2.24) is 4.98 Å². The number of hydrogen-bond acceptors (Lipinski definition) is 10. The van der Waals surface area contributed by atoms with Crippen LogP contribution in [-0.2, 0) is 23.9 Å². The molecule has 162 valence electrons. The van der Waals surface area contributed by atoms with Crippen LogP contribution in [0.1, 0.15) is 33.4 Å². The summed E-state index contributed by atoms with van der Waals surface area (Å²) in [5, 5.41) is 5.65. The highest BCUT2D eigenvalue weighted by Gasteiger charge is 2.25. The van der Waals surface area contributed by atoms with Crippen LogP contribution >= 0.6 is 23.1 Å². The highest BCUT2D eigenvalue weighted by Crippen LogP contribution is 2.17. The number of nitrogens with zero attached hydrogens (tertiary/aromatic N) is 2. The van der Waals surface area contributed by atoms with E-state index < -0.39 is 23.6 Å². The Morgan fingerprint density at radius 2 is 1.97 bits per heavy atom. The normalized spacial score (nSPS) is 12.9. The third-order valence-electron chi connectivity index (χ3n) is 3.33. The van der Waals surface area contributed by atoms with Gasteiger partial charge in [-0.15, -0.1) is 23.1 Å². The van der Waals surface area contributed by atoms with Crippen LogP contribution in [0.15, 0.2) is 45.8 Å². The van der Waals surface area contributed by atoms with Gasteiger partial charge in [-0.2, -0.15) is 0 Å². The zero-order valence-electron chi connectivity index (χ0n) is 17.3. The Morgan fingerprint density at radius 1 is 1.27 bits per heavy atom. The Balaban J connectivity index is 1.99. The van der Waals surface area contributed by atoms with Crippen molar-refractivity contribution in [3.8, 4) is 0 Å². The van der Waals surface area contributed by atoms with Gasteiger partial charge in [0.1, 0.15) is 17.9 Å². The molecule has 0 aliphatic heterocycles. The zero-order chi connectivity index (χ0) is 22.1. The largest absolute Gasteiger partial charge is 0.460 e. The molecule has 1 aromatic carbocycles. The smallest absolute Gasteiger partial charge is 0.362 e. The lowest BCUT2D eigenvalue weighted by molar-refractivity contribution is -0.167. The lowest BCUT2D eigenvalue weighted by Crippen LogP contribution is -2.31. The number of aromatic nitrogens is 1. The zero-order valence-corrected chi connectivity index (χ0v) is 18.9. The van der Waals surface area contributed by atoms with E-state index in [1.165, 1.54) is 6.92 Å². The van der Waals surface area contributed by atoms with Crippen molar-refractivity contribution in [2.45, 2.75) is 44.3 Å². The molecule has 8 nitrogen and oxygen atoms in total. The van der Waals surface area contributed by atoms with Gasteiger partial charge in [-0.1, -0.05) is 23.4 Å². The van der Waals surface area contributed by atoms with E-state index in [-0.39, 0.29) is 23.1 Å². The van der Waals surface area contributed by atoms with E-state index in [1.807, 2.05) is 30.3 Å². The molecule has 1 aromatic heterocycles. The van der Waals surface area contributed by atoms with E-state index in [0.29, 0.717) is 5.75 Å². The fourth-order valence-corrected chi connectivity index (χ4v) is 3.32.